The van der Waals surface area contributed by atoms with E-state index in [2.05, 4.69) is 5.32 Å². The van der Waals surface area contributed by atoms with Crippen LogP contribution in [0.4, 0.5) is 0 Å². The molecule has 0 aliphatic heterocycles. The number of carbonyl (C=O) groups excluding carboxylic acids is 2. The van der Waals surface area contributed by atoms with Crippen molar-refractivity contribution in [3.8, 4) is 0 Å². The van der Waals surface area contributed by atoms with Crippen molar-refractivity contribution < 1.29 is 9.59 Å². The summed E-state index contributed by atoms with van der Waals surface area (Å²) < 4.78 is 1.99. The number of benzene rings is 2. The van der Waals surface area contributed by atoms with Gasteiger partial charge in [-0.05, 0) is 30.7 Å². The lowest BCUT2D eigenvalue weighted by atomic mass is 9.94. The molecule has 0 radical (unpaired) electrons. The van der Waals surface area contributed by atoms with E-state index in [-0.39, 0.29) is 0 Å². The monoisotopic (exact) mass is 386 g/mol. The fourth-order valence-electron chi connectivity index (χ4n) is 3.09. The predicted molar refractivity (Wildman–Crippen MR) is 106 cm³/mol. The second kappa shape index (κ2) is 7.36. The van der Waals surface area contributed by atoms with Crippen molar-refractivity contribution in [2.24, 2.45) is 7.05 Å². The largest absolute Gasteiger partial charge is 0.350 e. The molecule has 3 aromatic rings. The Morgan fingerprint density at radius 2 is 1.85 bits per heavy atom. The van der Waals surface area contributed by atoms with Crippen LogP contribution in [0.15, 0.2) is 48.7 Å². The van der Waals surface area contributed by atoms with Gasteiger partial charge in [-0.3, -0.25) is 14.9 Å². The molecule has 1 heterocycles. The molecule has 1 N–H and O–H groups in total. The van der Waals surface area contributed by atoms with Gasteiger partial charge < -0.3 is 4.57 Å². The van der Waals surface area contributed by atoms with Gasteiger partial charge in [0.15, 0.2) is 0 Å². The van der Waals surface area contributed by atoms with Gasteiger partial charge in [0.05, 0.1) is 10.6 Å². The molecule has 1 aromatic heterocycles. The molecule has 0 atom stereocenters. The third-order valence-electron chi connectivity index (χ3n) is 4.29. The van der Waals surface area contributed by atoms with Crippen LogP contribution >= 0.6 is 23.2 Å². The van der Waals surface area contributed by atoms with Crippen LogP contribution in [-0.2, 0) is 16.6 Å². The summed E-state index contributed by atoms with van der Waals surface area (Å²) in [6.07, 6.45) is 2.32. The molecule has 2 aromatic carbocycles. The minimum atomic E-state index is -0.519. The minimum absolute atomic E-state index is 0.329. The Labute approximate surface area is 161 Å². The molecule has 4 nitrogen and oxygen atoms in total. The van der Waals surface area contributed by atoms with Gasteiger partial charge in [-0.15, -0.1) is 0 Å². The number of nitrogens with zero attached hydrogens (tertiary/aromatic N) is 1. The molecular weight excluding hydrogens is 371 g/mol. The van der Waals surface area contributed by atoms with Crippen LogP contribution in [0.1, 0.15) is 18.1 Å². The molecular formula is C20H16Cl2N2O2. The van der Waals surface area contributed by atoms with Gasteiger partial charge >= 0.3 is 0 Å². The van der Waals surface area contributed by atoms with Gasteiger partial charge in [-0.2, -0.15) is 0 Å². The van der Waals surface area contributed by atoms with Crippen molar-refractivity contribution in [3.05, 3.63) is 69.8 Å². The normalized spacial score (nSPS) is 12.0. The van der Waals surface area contributed by atoms with E-state index in [9.17, 15) is 9.59 Å². The molecule has 26 heavy (non-hydrogen) atoms. The summed E-state index contributed by atoms with van der Waals surface area (Å²) in [7, 11) is 1.94. The number of rotatable bonds is 4. The first-order chi connectivity index (χ1) is 12.4. The standard InChI is InChI=1S/C20H16Cl2N2O2/c1-12(16-10-24(2)18-6-4-3-5-14(16)18)19(20(26)23-11-25)15-8-7-13(21)9-17(15)22/h3-11H,1-2H3,(H,23,25,26)/b19-12+. The number of fused-ring (bicyclic) bond motifs is 1. The first kappa shape index (κ1) is 18.2. The minimum Gasteiger partial charge on any atom is -0.350 e. The van der Waals surface area contributed by atoms with E-state index in [1.165, 1.54) is 0 Å². The number of para-hydroxylation sites is 1. The van der Waals surface area contributed by atoms with Gasteiger partial charge in [0.2, 0.25) is 6.41 Å². The molecule has 6 heteroatoms. The quantitative estimate of drug-likeness (QED) is 0.522. The van der Waals surface area contributed by atoms with Crippen LogP contribution in [0.2, 0.25) is 10.0 Å². The van der Waals surface area contributed by atoms with Crippen LogP contribution in [-0.4, -0.2) is 16.9 Å². The highest BCUT2D eigenvalue weighted by Crippen LogP contribution is 2.35. The highest BCUT2D eigenvalue weighted by Gasteiger charge is 2.21. The average Bonchev–Trinajstić information content (AvgIpc) is 2.94. The Morgan fingerprint density at radius 1 is 1.12 bits per heavy atom. The molecule has 0 saturated carbocycles. The molecule has 2 amide bonds. The van der Waals surface area contributed by atoms with E-state index in [1.807, 2.05) is 49.0 Å². The topological polar surface area (TPSA) is 51.1 Å². The molecule has 0 aliphatic carbocycles. The van der Waals surface area contributed by atoms with E-state index in [0.29, 0.717) is 33.2 Å². The lowest BCUT2D eigenvalue weighted by Crippen LogP contribution is -2.23. The maximum absolute atomic E-state index is 12.6. The molecule has 3 rings (SSSR count). The second-order valence-corrected chi connectivity index (χ2v) is 6.73. The summed E-state index contributed by atoms with van der Waals surface area (Å²) in [6, 6.07) is 12.8. The zero-order chi connectivity index (χ0) is 18.8. The number of imide groups is 1. The van der Waals surface area contributed by atoms with Crippen molar-refractivity contribution >= 4 is 57.6 Å². The van der Waals surface area contributed by atoms with E-state index < -0.39 is 5.91 Å². The Hall–Kier alpha value is -2.56. The van der Waals surface area contributed by atoms with E-state index in [4.69, 9.17) is 23.2 Å². The van der Waals surface area contributed by atoms with Crippen LogP contribution in [0, 0.1) is 0 Å². The van der Waals surface area contributed by atoms with E-state index in [0.717, 1.165) is 16.5 Å². The molecule has 132 valence electrons. The van der Waals surface area contributed by atoms with Crippen molar-refractivity contribution in [1.82, 2.24) is 9.88 Å². The van der Waals surface area contributed by atoms with Gasteiger partial charge in [-0.1, -0.05) is 47.5 Å². The van der Waals surface area contributed by atoms with Crippen molar-refractivity contribution in [2.45, 2.75) is 6.92 Å². The maximum Gasteiger partial charge on any atom is 0.258 e. The Balaban J connectivity index is 2.31. The molecule has 0 fully saturated rings. The van der Waals surface area contributed by atoms with Gasteiger partial charge in [0.25, 0.3) is 5.91 Å². The highest BCUT2D eigenvalue weighted by molar-refractivity contribution is 6.39. The van der Waals surface area contributed by atoms with Crippen molar-refractivity contribution in [3.63, 3.8) is 0 Å². The third kappa shape index (κ3) is 3.26. The molecule has 0 bridgehead atoms. The number of aromatic nitrogens is 1. The van der Waals surface area contributed by atoms with E-state index in [1.54, 1.807) is 18.2 Å². The summed E-state index contributed by atoms with van der Waals surface area (Å²) >= 11 is 12.3. The third-order valence-corrected chi connectivity index (χ3v) is 4.84. The zero-order valence-electron chi connectivity index (χ0n) is 14.2. The molecule has 0 aliphatic rings. The average molecular weight is 387 g/mol. The molecule has 0 unspecified atom stereocenters. The SMILES string of the molecule is C/C(=C(\C(=O)NC=O)c1ccc(Cl)cc1Cl)c1cn(C)c2ccccc12. The lowest BCUT2D eigenvalue weighted by Gasteiger charge is -2.13. The number of hydrogen-bond donors (Lipinski definition) is 1. The van der Waals surface area contributed by atoms with Crippen molar-refractivity contribution in [2.75, 3.05) is 0 Å². The number of nitrogens with one attached hydrogen (secondary N) is 1. The van der Waals surface area contributed by atoms with Crippen LogP contribution in [0.3, 0.4) is 0 Å². The fourth-order valence-corrected chi connectivity index (χ4v) is 3.59. The zero-order valence-corrected chi connectivity index (χ0v) is 15.7. The first-order valence-corrected chi connectivity index (χ1v) is 8.65. The summed E-state index contributed by atoms with van der Waals surface area (Å²) in [4.78, 5) is 23.5. The van der Waals surface area contributed by atoms with Crippen molar-refractivity contribution in [1.29, 1.82) is 0 Å². The van der Waals surface area contributed by atoms with E-state index >= 15 is 0 Å². The Morgan fingerprint density at radius 3 is 2.54 bits per heavy atom. The molecule has 0 saturated heterocycles. The molecule has 0 spiro atoms. The number of carbonyl (C=O) groups is 2. The highest BCUT2D eigenvalue weighted by atomic mass is 35.5. The number of aryl methyl sites for hydroxylation is 1. The second-order valence-electron chi connectivity index (χ2n) is 5.89. The lowest BCUT2D eigenvalue weighted by molar-refractivity contribution is -0.121. The van der Waals surface area contributed by atoms with Gasteiger partial charge in [0.1, 0.15) is 0 Å². The van der Waals surface area contributed by atoms with Crippen LogP contribution < -0.4 is 5.32 Å². The summed E-state index contributed by atoms with van der Waals surface area (Å²) in [6.45, 7) is 1.84. The number of hydrogen-bond acceptors (Lipinski definition) is 2. The summed E-state index contributed by atoms with van der Waals surface area (Å²) in [5, 5.41) is 4.03. The van der Waals surface area contributed by atoms with Crippen LogP contribution in [0.25, 0.3) is 22.0 Å². The van der Waals surface area contributed by atoms with Gasteiger partial charge in [-0.25, -0.2) is 0 Å². The maximum atomic E-state index is 12.6. The Kier molecular flexibility index (Phi) is 5.16. The number of allylic oxidation sites excluding steroid dienone is 1. The fraction of sp³-hybridized carbons (Fsp3) is 0.100. The Bertz CT molecular complexity index is 1050. The summed E-state index contributed by atoms with van der Waals surface area (Å²) in [5.41, 5.74) is 3.49. The van der Waals surface area contributed by atoms with Gasteiger partial charge in [0, 0.05) is 40.3 Å². The smallest absolute Gasteiger partial charge is 0.258 e. The van der Waals surface area contributed by atoms with Crippen LogP contribution in [0.5, 0.6) is 0 Å². The number of amides is 2. The first-order valence-electron chi connectivity index (χ1n) is 7.89. The predicted octanol–water partition coefficient (Wildman–Crippen LogP) is 4.69. The number of halogens is 2. The summed E-state index contributed by atoms with van der Waals surface area (Å²) in [5.74, 6) is -0.519.